The Morgan fingerprint density at radius 3 is 1.44 bits per heavy atom. The van der Waals surface area contributed by atoms with Gasteiger partial charge >= 0.3 is 437 Å². The Labute approximate surface area is 433 Å². The molecule has 3 aromatic carbocycles. The maximum absolute atomic E-state index is 4.96. The molecule has 13 rings (SSSR count). The van der Waals surface area contributed by atoms with Crippen molar-refractivity contribution in [2.24, 2.45) is 0 Å². The van der Waals surface area contributed by atoms with Gasteiger partial charge in [0.2, 0.25) is 0 Å². The first-order valence-corrected chi connectivity index (χ1v) is 28.9. The SMILES string of the molecule is [GaH][N]1C=CSC1c1ccccn1.c1ccc(-c2ncc[n]2[Ga][n]2c(-c3cc4ccccc4cn3)nc3ccccc32)nc1.c1ccc(-c2ncc[n]2[Ga][n]2c(-c3ccccn3)nc3ccccc32)nc1. The fourth-order valence-corrected chi connectivity index (χ4v) is 16.0. The standard InChI is InChI=1S/C16H10N3.C12H8N3.2C8H6N3.C8H7N2S.3Ga.H/c1-2-6-12-10-17-15(9-11(12)5-1)16-18-13-7-3-4-8-14(13)19-16;1-2-6-10-9(5-1)14-12(15-10)11-7-3-4-8-13-11;3*1-2-4-9-7(3-1)8-10-5-6-11-8;;;;/h1-10H;1-8H;2*1-6H;1-6,8H;;;;/q5*-1;+1;2*+2;. The Morgan fingerprint density at radius 2 is 0.929 bits per heavy atom. The first kappa shape index (κ1) is 45.3. The molecule has 10 heterocycles. The minimum absolute atomic E-state index is 0.422. The molecule has 70 heavy (non-hydrogen) atoms. The summed E-state index contributed by atoms with van der Waals surface area (Å²) in [6.45, 7) is 0. The van der Waals surface area contributed by atoms with E-state index in [-0.39, 0.29) is 0 Å². The van der Waals surface area contributed by atoms with Gasteiger partial charge in [-0.05, 0) is 0 Å². The normalized spacial score (nSPS) is 12.9. The summed E-state index contributed by atoms with van der Waals surface area (Å²) in [5.41, 5.74) is 8.87. The first-order chi connectivity index (χ1) is 34.6. The number of fused-ring (bicyclic) bond motifs is 3. The summed E-state index contributed by atoms with van der Waals surface area (Å²) in [6.07, 6.45) is 19.0. The molecule has 0 bridgehead atoms. The van der Waals surface area contributed by atoms with Crippen molar-refractivity contribution in [3.8, 4) is 46.1 Å². The first-order valence-electron chi connectivity index (χ1n) is 22.3. The van der Waals surface area contributed by atoms with Crippen molar-refractivity contribution in [1.82, 2.24) is 61.6 Å². The van der Waals surface area contributed by atoms with Crippen LogP contribution in [-0.4, -0.2) is 116 Å². The summed E-state index contributed by atoms with van der Waals surface area (Å²) in [6, 6.07) is 50.7. The quantitative estimate of drug-likeness (QED) is 0.128. The van der Waals surface area contributed by atoms with E-state index in [0.29, 0.717) is 5.37 Å². The van der Waals surface area contributed by atoms with E-state index in [1.165, 1.54) is 0 Å². The molecule has 0 N–H and O–H groups in total. The Hall–Kier alpha value is -7.17. The van der Waals surface area contributed by atoms with Crippen LogP contribution in [0.2, 0.25) is 0 Å². The second-order valence-corrected chi connectivity index (χ2v) is 23.7. The molecule has 14 nitrogen and oxygen atoms in total. The molecule has 1 unspecified atom stereocenters. The predicted octanol–water partition coefficient (Wildman–Crippen LogP) is 9.14. The molecular weight excluding hydrogens is 1060 g/mol. The Morgan fingerprint density at radius 1 is 0.443 bits per heavy atom. The maximum atomic E-state index is 4.96. The van der Waals surface area contributed by atoms with Crippen molar-refractivity contribution in [2.75, 3.05) is 0 Å². The molecule has 1 atom stereocenters. The molecule has 0 spiro atoms. The van der Waals surface area contributed by atoms with Crippen LogP contribution >= 0.6 is 11.8 Å². The average molecular weight is 1100 g/mol. The third-order valence-electron chi connectivity index (χ3n) is 11.3. The Balaban J connectivity index is 0.000000125. The molecule has 0 aliphatic carbocycles. The Kier molecular flexibility index (Phi) is 13.7. The number of thioether (sulfide) groups is 1. The third-order valence-corrected chi connectivity index (χ3v) is 20.0. The number of rotatable bonds is 9. The van der Waals surface area contributed by atoms with E-state index < -0.39 is 35.8 Å². The van der Waals surface area contributed by atoms with E-state index in [1.54, 1.807) is 18.6 Å². The van der Waals surface area contributed by atoms with Crippen molar-refractivity contribution in [3.05, 3.63) is 225 Å². The van der Waals surface area contributed by atoms with Crippen molar-refractivity contribution < 1.29 is 0 Å². The molecule has 1 aliphatic rings. The molecule has 0 saturated carbocycles. The number of imidazole rings is 4. The summed E-state index contributed by atoms with van der Waals surface area (Å²) in [7, 11) is 0. The second-order valence-electron chi connectivity index (χ2n) is 15.7. The molecule has 9 aromatic heterocycles. The molecule has 0 amide bonds. The number of pyridine rings is 5. The van der Waals surface area contributed by atoms with Crippen LogP contribution in [-0.2, 0) is 0 Å². The fourth-order valence-electron chi connectivity index (χ4n) is 7.94. The number of hydrogen-bond acceptors (Lipinski definition) is 11. The van der Waals surface area contributed by atoms with Crippen LogP contribution in [0.4, 0.5) is 0 Å². The van der Waals surface area contributed by atoms with Crippen molar-refractivity contribution in [1.29, 1.82) is 0 Å². The van der Waals surface area contributed by atoms with Crippen molar-refractivity contribution >= 4 is 99.2 Å². The number of para-hydroxylation sites is 4. The van der Waals surface area contributed by atoms with E-state index in [9.17, 15) is 0 Å². The van der Waals surface area contributed by atoms with Gasteiger partial charge in [0.05, 0.1) is 0 Å². The van der Waals surface area contributed by atoms with Gasteiger partial charge in [-0.1, -0.05) is 0 Å². The van der Waals surface area contributed by atoms with Gasteiger partial charge in [-0.25, -0.2) is 0 Å². The fraction of sp³-hybridized carbons (Fsp3) is 0.0192. The number of nitrogens with zero attached hydrogens (tertiary/aromatic N) is 14. The van der Waals surface area contributed by atoms with Gasteiger partial charge in [-0.15, -0.1) is 0 Å². The summed E-state index contributed by atoms with van der Waals surface area (Å²) >= 11 is 0.553. The zero-order valence-electron chi connectivity index (χ0n) is 37.4. The summed E-state index contributed by atoms with van der Waals surface area (Å²) < 4.78 is 11.4. The monoisotopic (exact) mass is 1100 g/mol. The van der Waals surface area contributed by atoms with Gasteiger partial charge in [0, 0.05) is 0 Å². The molecule has 1 aliphatic heterocycles. The van der Waals surface area contributed by atoms with Crippen molar-refractivity contribution in [3.63, 3.8) is 0 Å². The van der Waals surface area contributed by atoms with E-state index in [4.69, 9.17) is 15.0 Å². The zero-order valence-corrected chi connectivity index (χ0v) is 46.0. The molecule has 3 radical (unpaired) electrons. The van der Waals surface area contributed by atoms with Gasteiger partial charge < -0.3 is 0 Å². The molecule has 0 saturated heterocycles. The van der Waals surface area contributed by atoms with E-state index >= 15 is 0 Å². The topological polar surface area (TPSA) is 139 Å². The summed E-state index contributed by atoms with van der Waals surface area (Å²) in [4.78, 5) is 41.5. The van der Waals surface area contributed by atoms with Gasteiger partial charge in [0.15, 0.2) is 0 Å². The molecular formula is C52H38Ga3N14S. The summed E-state index contributed by atoms with van der Waals surface area (Å²) in [5.74, 6) is 3.57. The van der Waals surface area contributed by atoms with Crippen molar-refractivity contribution in [2.45, 2.75) is 5.37 Å². The van der Waals surface area contributed by atoms with Crippen LogP contribution in [0.1, 0.15) is 11.1 Å². The van der Waals surface area contributed by atoms with Crippen LogP contribution in [0, 0.1) is 0 Å². The van der Waals surface area contributed by atoms with Gasteiger partial charge in [0.25, 0.3) is 0 Å². The van der Waals surface area contributed by atoms with Crippen LogP contribution in [0.15, 0.2) is 219 Å². The number of hydrogen-bond donors (Lipinski definition) is 0. The van der Waals surface area contributed by atoms with Gasteiger partial charge in [-0.2, -0.15) is 0 Å². The van der Waals surface area contributed by atoms with Crippen LogP contribution < -0.4 is 0 Å². The second kappa shape index (κ2) is 21.2. The van der Waals surface area contributed by atoms with Gasteiger partial charge in [-0.3, -0.25) is 0 Å². The molecule has 331 valence electrons. The van der Waals surface area contributed by atoms with Crippen LogP contribution in [0.5, 0.6) is 0 Å². The van der Waals surface area contributed by atoms with Gasteiger partial charge in [0.1, 0.15) is 0 Å². The zero-order chi connectivity index (χ0) is 47.1. The number of benzene rings is 3. The molecule has 0 fully saturated rings. The Bertz CT molecular complexity index is 3700. The molecule has 12 aromatic rings. The van der Waals surface area contributed by atoms with E-state index in [1.807, 2.05) is 146 Å². The third kappa shape index (κ3) is 9.83. The molecule has 18 heteroatoms. The predicted molar refractivity (Wildman–Crippen MR) is 280 cm³/mol. The van der Waals surface area contributed by atoms with E-state index in [0.717, 1.165) is 103 Å². The minimum atomic E-state index is -1.24. The van der Waals surface area contributed by atoms with Crippen LogP contribution in [0.25, 0.3) is 78.9 Å². The summed E-state index contributed by atoms with van der Waals surface area (Å²) in [5, 5.41) is 4.83. The average Bonchev–Trinajstić information content (AvgIpc) is 4.30. The van der Waals surface area contributed by atoms with Crippen LogP contribution in [0.3, 0.4) is 0 Å². The number of aromatic nitrogens is 13. The van der Waals surface area contributed by atoms with E-state index in [2.05, 4.69) is 113 Å².